The van der Waals surface area contributed by atoms with Gasteiger partial charge < -0.3 is 10.1 Å². The number of halogens is 1. The molecule has 0 saturated heterocycles. The van der Waals surface area contributed by atoms with Gasteiger partial charge in [0.2, 0.25) is 0 Å². The van der Waals surface area contributed by atoms with Crippen molar-refractivity contribution in [2.75, 3.05) is 7.05 Å². The molecule has 1 unspecified atom stereocenters. The van der Waals surface area contributed by atoms with Gasteiger partial charge in [-0.05, 0) is 41.8 Å². The molecule has 1 amide bonds. The maximum Gasteiger partial charge on any atom is 0.412 e. The Kier molecular flexibility index (Phi) is 5.23. The molecule has 1 N–H and O–H groups in total. The molecule has 0 saturated carbocycles. The SMILES string of the molecule is CCC(c1ccc(Cl)cc1)c1ccc(OC(=O)NC)cc1. The number of hydrogen-bond donors (Lipinski definition) is 1. The summed E-state index contributed by atoms with van der Waals surface area (Å²) in [5.41, 5.74) is 2.41. The molecule has 0 aromatic heterocycles. The van der Waals surface area contributed by atoms with Gasteiger partial charge >= 0.3 is 6.09 Å². The summed E-state index contributed by atoms with van der Waals surface area (Å²) in [5, 5.41) is 3.16. The molecule has 1 atom stereocenters. The highest BCUT2D eigenvalue weighted by molar-refractivity contribution is 6.30. The third-order valence-corrected chi connectivity index (χ3v) is 3.63. The number of carbonyl (C=O) groups is 1. The third-order valence-electron chi connectivity index (χ3n) is 3.38. The molecule has 2 rings (SSSR count). The molecule has 0 aliphatic carbocycles. The second-order valence-electron chi connectivity index (χ2n) is 4.72. The molecule has 0 aliphatic heterocycles. The highest BCUT2D eigenvalue weighted by atomic mass is 35.5. The smallest absolute Gasteiger partial charge is 0.410 e. The monoisotopic (exact) mass is 303 g/mol. The second kappa shape index (κ2) is 7.14. The molecule has 2 aromatic carbocycles. The number of nitrogens with one attached hydrogen (secondary N) is 1. The van der Waals surface area contributed by atoms with Crippen LogP contribution in [-0.2, 0) is 0 Å². The van der Waals surface area contributed by atoms with E-state index in [0.717, 1.165) is 11.4 Å². The van der Waals surface area contributed by atoms with Crippen LogP contribution in [0.15, 0.2) is 48.5 Å². The first kappa shape index (κ1) is 15.4. The summed E-state index contributed by atoms with van der Waals surface area (Å²) >= 11 is 5.93. The lowest BCUT2D eigenvalue weighted by atomic mass is 9.89. The first-order valence-corrected chi connectivity index (χ1v) is 7.26. The molecular weight excluding hydrogens is 286 g/mol. The highest BCUT2D eigenvalue weighted by Gasteiger charge is 2.12. The molecule has 0 spiro atoms. The summed E-state index contributed by atoms with van der Waals surface area (Å²) in [6.07, 6.45) is 0.518. The predicted octanol–water partition coefficient (Wildman–Crippen LogP) is 4.60. The fraction of sp³-hybridized carbons (Fsp3) is 0.235. The average Bonchev–Trinajstić information content (AvgIpc) is 2.51. The zero-order chi connectivity index (χ0) is 15.2. The molecule has 0 radical (unpaired) electrons. The van der Waals surface area contributed by atoms with E-state index in [1.54, 1.807) is 0 Å². The zero-order valence-electron chi connectivity index (χ0n) is 12.1. The molecule has 4 heteroatoms. The van der Waals surface area contributed by atoms with Gasteiger partial charge in [-0.25, -0.2) is 4.79 Å². The van der Waals surface area contributed by atoms with Crippen LogP contribution in [0.25, 0.3) is 0 Å². The Morgan fingerprint density at radius 2 is 1.62 bits per heavy atom. The van der Waals surface area contributed by atoms with Crippen LogP contribution in [0.5, 0.6) is 5.75 Å². The van der Waals surface area contributed by atoms with Crippen molar-refractivity contribution in [2.45, 2.75) is 19.3 Å². The number of benzene rings is 2. The fourth-order valence-corrected chi connectivity index (χ4v) is 2.41. The molecule has 3 nitrogen and oxygen atoms in total. The van der Waals surface area contributed by atoms with Gasteiger partial charge in [0.1, 0.15) is 5.75 Å². The minimum atomic E-state index is -0.465. The Morgan fingerprint density at radius 1 is 1.10 bits per heavy atom. The molecule has 21 heavy (non-hydrogen) atoms. The van der Waals surface area contributed by atoms with Crippen molar-refractivity contribution < 1.29 is 9.53 Å². The van der Waals surface area contributed by atoms with E-state index in [2.05, 4.69) is 12.2 Å². The molecule has 2 aromatic rings. The Balaban J connectivity index is 2.19. The van der Waals surface area contributed by atoms with Gasteiger partial charge in [0, 0.05) is 18.0 Å². The Morgan fingerprint density at radius 3 is 2.10 bits per heavy atom. The maximum absolute atomic E-state index is 11.2. The van der Waals surface area contributed by atoms with Gasteiger partial charge in [-0.15, -0.1) is 0 Å². The molecule has 0 aliphatic rings. The fourth-order valence-electron chi connectivity index (χ4n) is 2.29. The van der Waals surface area contributed by atoms with Crippen LogP contribution in [-0.4, -0.2) is 13.1 Å². The largest absolute Gasteiger partial charge is 0.412 e. The number of hydrogen-bond acceptors (Lipinski definition) is 2. The summed E-state index contributed by atoms with van der Waals surface area (Å²) in [6.45, 7) is 2.15. The lowest BCUT2D eigenvalue weighted by molar-refractivity contribution is 0.203. The minimum Gasteiger partial charge on any atom is -0.410 e. The lowest BCUT2D eigenvalue weighted by Gasteiger charge is -2.16. The van der Waals surface area contributed by atoms with Gasteiger partial charge in [-0.1, -0.05) is 42.8 Å². The normalized spacial score (nSPS) is 11.8. The summed E-state index contributed by atoms with van der Waals surface area (Å²) in [5.74, 6) is 0.834. The molecule has 0 bridgehead atoms. The first-order valence-electron chi connectivity index (χ1n) is 6.89. The second-order valence-corrected chi connectivity index (χ2v) is 5.16. The van der Waals surface area contributed by atoms with Crippen LogP contribution in [0.4, 0.5) is 4.79 Å². The van der Waals surface area contributed by atoms with Crippen LogP contribution in [0.3, 0.4) is 0 Å². The number of ether oxygens (including phenoxy) is 1. The van der Waals surface area contributed by atoms with Crippen molar-refractivity contribution in [1.29, 1.82) is 0 Å². The van der Waals surface area contributed by atoms with E-state index in [1.807, 2.05) is 48.5 Å². The van der Waals surface area contributed by atoms with E-state index in [4.69, 9.17) is 16.3 Å². The van der Waals surface area contributed by atoms with Crippen LogP contribution in [0.1, 0.15) is 30.4 Å². The van der Waals surface area contributed by atoms with Crippen LogP contribution in [0, 0.1) is 0 Å². The standard InChI is InChI=1S/C17H18ClNO2/c1-3-16(12-4-8-14(18)9-5-12)13-6-10-15(11-7-13)21-17(20)19-2/h4-11,16H,3H2,1-2H3,(H,19,20). The first-order chi connectivity index (χ1) is 10.1. The lowest BCUT2D eigenvalue weighted by Crippen LogP contribution is -2.21. The van der Waals surface area contributed by atoms with Crippen molar-refractivity contribution in [3.8, 4) is 5.75 Å². The topological polar surface area (TPSA) is 38.3 Å². The Hall–Kier alpha value is -2.00. The summed E-state index contributed by atoms with van der Waals surface area (Å²) in [4.78, 5) is 11.2. The van der Waals surface area contributed by atoms with Gasteiger partial charge in [-0.2, -0.15) is 0 Å². The predicted molar refractivity (Wildman–Crippen MR) is 85.1 cm³/mol. The van der Waals surface area contributed by atoms with Crippen molar-refractivity contribution in [3.63, 3.8) is 0 Å². The highest BCUT2D eigenvalue weighted by Crippen LogP contribution is 2.29. The summed E-state index contributed by atoms with van der Waals surface area (Å²) < 4.78 is 5.09. The van der Waals surface area contributed by atoms with Gasteiger partial charge in [-0.3, -0.25) is 0 Å². The molecular formula is C17H18ClNO2. The summed E-state index contributed by atoms with van der Waals surface area (Å²) in [7, 11) is 1.53. The molecule has 110 valence electrons. The summed E-state index contributed by atoms with van der Waals surface area (Å²) in [6, 6.07) is 15.5. The molecule has 0 heterocycles. The zero-order valence-corrected chi connectivity index (χ0v) is 12.9. The minimum absolute atomic E-state index is 0.302. The van der Waals surface area contributed by atoms with Crippen LogP contribution in [0.2, 0.25) is 5.02 Å². The number of rotatable bonds is 4. The average molecular weight is 304 g/mol. The van der Waals surface area contributed by atoms with E-state index in [1.165, 1.54) is 18.2 Å². The van der Waals surface area contributed by atoms with E-state index in [0.29, 0.717) is 11.7 Å². The van der Waals surface area contributed by atoms with Crippen molar-refractivity contribution in [2.24, 2.45) is 0 Å². The van der Waals surface area contributed by atoms with E-state index >= 15 is 0 Å². The quantitative estimate of drug-likeness (QED) is 0.896. The molecule has 0 fully saturated rings. The van der Waals surface area contributed by atoms with Crippen molar-refractivity contribution in [1.82, 2.24) is 5.32 Å². The van der Waals surface area contributed by atoms with Gasteiger partial charge in [0.25, 0.3) is 0 Å². The Bertz CT molecular complexity index is 593. The Labute approximate surface area is 129 Å². The van der Waals surface area contributed by atoms with E-state index in [-0.39, 0.29) is 0 Å². The van der Waals surface area contributed by atoms with Gasteiger partial charge in [0.15, 0.2) is 0 Å². The third kappa shape index (κ3) is 3.99. The number of amides is 1. The van der Waals surface area contributed by atoms with Crippen molar-refractivity contribution in [3.05, 3.63) is 64.7 Å². The van der Waals surface area contributed by atoms with E-state index < -0.39 is 6.09 Å². The maximum atomic E-state index is 11.2. The number of carbonyl (C=O) groups excluding carboxylic acids is 1. The van der Waals surface area contributed by atoms with Crippen molar-refractivity contribution >= 4 is 17.7 Å². The van der Waals surface area contributed by atoms with E-state index in [9.17, 15) is 4.79 Å². The van der Waals surface area contributed by atoms with Crippen LogP contribution < -0.4 is 10.1 Å². The van der Waals surface area contributed by atoms with Gasteiger partial charge in [0.05, 0.1) is 0 Å². The van der Waals surface area contributed by atoms with Crippen LogP contribution >= 0.6 is 11.6 Å².